The summed E-state index contributed by atoms with van der Waals surface area (Å²) in [4.78, 5) is 11.7. The summed E-state index contributed by atoms with van der Waals surface area (Å²) in [5.41, 5.74) is 0. The van der Waals surface area contributed by atoms with Crippen LogP contribution in [0.15, 0.2) is 0 Å². The van der Waals surface area contributed by atoms with Gasteiger partial charge in [0.25, 0.3) is 0 Å². The van der Waals surface area contributed by atoms with E-state index in [1.54, 1.807) is 0 Å². The predicted octanol–water partition coefficient (Wildman–Crippen LogP) is 0.366. The molecule has 3 aliphatic rings. The lowest BCUT2D eigenvalue weighted by atomic mass is 10.2. The van der Waals surface area contributed by atoms with Gasteiger partial charge in [-0.3, -0.25) is 4.79 Å². The second-order valence-electron chi connectivity index (χ2n) is 5.03. The predicted molar refractivity (Wildman–Crippen MR) is 53.7 cm³/mol. The van der Waals surface area contributed by atoms with Crippen LogP contribution in [-0.2, 0) is 4.79 Å². The molecule has 0 aromatic heterocycles. The van der Waals surface area contributed by atoms with E-state index in [2.05, 4.69) is 17.6 Å². The molecule has 2 saturated carbocycles. The maximum absolute atomic E-state index is 11.7. The van der Waals surface area contributed by atoms with Crippen LogP contribution in [0.2, 0.25) is 0 Å². The first-order valence-corrected chi connectivity index (χ1v) is 5.82. The smallest absolute Gasteiger partial charge is 0.223 e. The quantitative estimate of drug-likeness (QED) is 0.681. The second-order valence-corrected chi connectivity index (χ2v) is 5.03. The number of piperidine rings is 1. The molecule has 3 nitrogen and oxygen atoms in total. The van der Waals surface area contributed by atoms with Crippen molar-refractivity contribution in [3.05, 3.63) is 0 Å². The van der Waals surface area contributed by atoms with Gasteiger partial charge in [0.1, 0.15) is 0 Å². The van der Waals surface area contributed by atoms with Crippen LogP contribution in [0.25, 0.3) is 0 Å². The van der Waals surface area contributed by atoms with Gasteiger partial charge in [-0.2, -0.15) is 0 Å². The summed E-state index contributed by atoms with van der Waals surface area (Å²) in [6.45, 7) is 4.39. The Kier molecular flexibility index (Phi) is 1.84. The van der Waals surface area contributed by atoms with E-state index in [0.29, 0.717) is 23.8 Å². The number of rotatable bonds is 3. The van der Waals surface area contributed by atoms with Crippen LogP contribution in [0, 0.1) is 23.7 Å². The zero-order chi connectivity index (χ0) is 9.71. The molecular formula is C11H18N2O. The number of carbonyl (C=O) groups excluding carboxylic acids is 1. The average molecular weight is 194 g/mol. The normalized spacial score (nSPS) is 48.5. The molecule has 3 fully saturated rings. The molecule has 1 amide bonds. The first-order chi connectivity index (χ1) is 6.81. The number of fused-ring (bicyclic) bond motifs is 1. The first kappa shape index (κ1) is 8.72. The zero-order valence-electron chi connectivity index (χ0n) is 8.62. The molecule has 3 rings (SSSR count). The van der Waals surface area contributed by atoms with Gasteiger partial charge in [0.2, 0.25) is 5.91 Å². The van der Waals surface area contributed by atoms with E-state index in [1.807, 2.05) is 0 Å². The Labute approximate surface area is 84.6 Å². The Hall–Kier alpha value is -0.570. The van der Waals surface area contributed by atoms with Gasteiger partial charge in [-0.25, -0.2) is 0 Å². The van der Waals surface area contributed by atoms with Crippen molar-refractivity contribution in [3.8, 4) is 0 Å². The molecule has 0 radical (unpaired) electrons. The summed E-state index contributed by atoms with van der Waals surface area (Å²) in [6, 6.07) is 0.516. The lowest BCUT2D eigenvalue weighted by Gasteiger charge is -2.06. The maximum atomic E-state index is 11.7. The van der Waals surface area contributed by atoms with Gasteiger partial charge >= 0.3 is 0 Å². The maximum Gasteiger partial charge on any atom is 0.223 e. The number of hydrogen-bond donors (Lipinski definition) is 2. The van der Waals surface area contributed by atoms with Gasteiger partial charge in [0, 0.05) is 25.0 Å². The molecule has 4 atom stereocenters. The van der Waals surface area contributed by atoms with Crippen molar-refractivity contribution in [3.63, 3.8) is 0 Å². The topological polar surface area (TPSA) is 41.1 Å². The van der Waals surface area contributed by atoms with Crippen molar-refractivity contribution < 1.29 is 4.79 Å². The van der Waals surface area contributed by atoms with Crippen molar-refractivity contribution in [1.82, 2.24) is 10.6 Å². The molecular weight excluding hydrogens is 176 g/mol. The van der Waals surface area contributed by atoms with Crippen LogP contribution in [0.3, 0.4) is 0 Å². The minimum Gasteiger partial charge on any atom is -0.352 e. The van der Waals surface area contributed by atoms with Gasteiger partial charge in [0.05, 0.1) is 0 Å². The largest absolute Gasteiger partial charge is 0.352 e. The average Bonchev–Trinajstić information content (AvgIpc) is 3.04. The number of amides is 1. The zero-order valence-corrected chi connectivity index (χ0v) is 8.62. The van der Waals surface area contributed by atoms with Crippen molar-refractivity contribution in [2.24, 2.45) is 23.7 Å². The fraction of sp³-hybridized carbons (Fsp3) is 0.909. The van der Waals surface area contributed by atoms with Crippen LogP contribution < -0.4 is 10.6 Å². The van der Waals surface area contributed by atoms with Crippen molar-refractivity contribution in [1.29, 1.82) is 0 Å². The van der Waals surface area contributed by atoms with Gasteiger partial charge in [-0.1, -0.05) is 13.3 Å². The van der Waals surface area contributed by atoms with Gasteiger partial charge < -0.3 is 10.6 Å². The van der Waals surface area contributed by atoms with Crippen LogP contribution in [-0.4, -0.2) is 25.0 Å². The molecule has 0 bridgehead atoms. The summed E-state index contributed by atoms with van der Waals surface area (Å²) in [7, 11) is 0. The Morgan fingerprint density at radius 1 is 1.43 bits per heavy atom. The van der Waals surface area contributed by atoms with E-state index >= 15 is 0 Å². The summed E-state index contributed by atoms with van der Waals surface area (Å²) in [6.07, 6.45) is 2.29. The summed E-state index contributed by atoms with van der Waals surface area (Å²) in [5.74, 6) is 2.87. The Bertz CT molecular complexity index is 256. The van der Waals surface area contributed by atoms with Gasteiger partial charge in [0.15, 0.2) is 0 Å². The van der Waals surface area contributed by atoms with Gasteiger partial charge in [-0.05, 0) is 24.2 Å². The fourth-order valence-electron chi connectivity index (χ4n) is 2.92. The summed E-state index contributed by atoms with van der Waals surface area (Å²) < 4.78 is 0. The van der Waals surface area contributed by atoms with Gasteiger partial charge in [-0.15, -0.1) is 0 Å². The SMILES string of the molecule is CC[C@@H]1C[C@H]1C(=O)NC1C2CNCC21. The summed E-state index contributed by atoms with van der Waals surface area (Å²) >= 11 is 0. The van der Waals surface area contributed by atoms with E-state index in [9.17, 15) is 4.79 Å². The standard InChI is InChI=1S/C11H18N2O/c1-2-6-3-7(6)11(14)13-10-8-4-12-5-9(8)10/h6-10,12H,2-5H2,1H3,(H,13,14)/t6-,7-,8?,9?,10?/m1/s1. The second kappa shape index (κ2) is 2.96. The minimum absolute atomic E-state index is 0.330. The van der Waals surface area contributed by atoms with E-state index in [4.69, 9.17) is 0 Å². The van der Waals surface area contributed by atoms with E-state index in [0.717, 1.165) is 37.8 Å². The highest BCUT2D eigenvalue weighted by molar-refractivity contribution is 5.82. The third-order valence-corrected chi connectivity index (χ3v) is 4.18. The van der Waals surface area contributed by atoms with Crippen LogP contribution in [0.4, 0.5) is 0 Å². The van der Waals surface area contributed by atoms with Crippen LogP contribution in [0.5, 0.6) is 0 Å². The van der Waals surface area contributed by atoms with E-state index in [1.165, 1.54) is 0 Å². The third-order valence-electron chi connectivity index (χ3n) is 4.18. The molecule has 0 aromatic carbocycles. The Morgan fingerprint density at radius 2 is 2.14 bits per heavy atom. The highest BCUT2D eigenvalue weighted by Crippen LogP contribution is 2.45. The lowest BCUT2D eigenvalue weighted by molar-refractivity contribution is -0.122. The Balaban J connectivity index is 1.48. The molecule has 1 heterocycles. The fourth-order valence-corrected chi connectivity index (χ4v) is 2.92. The minimum atomic E-state index is 0.330. The molecule has 1 aliphatic heterocycles. The van der Waals surface area contributed by atoms with E-state index < -0.39 is 0 Å². The van der Waals surface area contributed by atoms with Crippen molar-refractivity contribution >= 4 is 5.91 Å². The monoisotopic (exact) mass is 194 g/mol. The van der Waals surface area contributed by atoms with Crippen LogP contribution in [0.1, 0.15) is 19.8 Å². The lowest BCUT2D eigenvalue weighted by Crippen LogP contribution is -2.33. The Morgan fingerprint density at radius 3 is 2.71 bits per heavy atom. The molecule has 2 N–H and O–H groups in total. The summed E-state index contributed by atoms with van der Waals surface area (Å²) in [5, 5.41) is 6.54. The van der Waals surface area contributed by atoms with Crippen LogP contribution >= 0.6 is 0 Å². The van der Waals surface area contributed by atoms with E-state index in [-0.39, 0.29) is 0 Å². The molecule has 0 spiro atoms. The molecule has 3 heteroatoms. The van der Waals surface area contributed by atoms with Crippen molar-refractivity contribution in [2.75, 3.05) is 13.1 Å². The van der Waals surface area contributed by atoms with Crippen molar-refractivity contribution in [2.45, 2.75) is 25.8 Å². The number of hydrogen-bond acceptors (Lipinski definition) is 2. The third kappa shape index (κ3) is 1.26. The number of nitrogens with one attached hydrogen (secondary N) is 2. The molecule has 14 heavy (non-hydrogen) atoms. The highest BCUT2D eigenvalue weighted by atomic mass is 16.2. The molecule has 2 unspecified atom stereocenters. The molecule has 1 saturated heterocycles. The molecule has 0 aromatic rings. The highest BCUT2D eigenvalue weighted by Gasteiger charge is 2.55. The first-order valence-electron chi connectivity index (χ1n) is 5.82. The molecule has 2 aliphatic carbocycles. The molecule has 78 valence electrons. The number of carbonyl (C=O) groups is 1.